The quantitative estimate of drug-likeness (QED) is 0.690. The van der Waals surface area contributed by atoms with Crippen molar-refractivity contribution in [2.45, 2.75) is 31.0 Å². The summed E-state index contributed by atoms with van der Waals surface area (Å²) in [5.74, 6) is 0.653. The molecule has 2 aromatic rings. The van der Waals surface area contributed by atoms with Crippen LogP contribution in [0.15, 0.2) is 48.5 Å². The Labute approximate surface area is 195 Å². The maximum Gasteiger partial charge on any atom is 0.134 e. The monoisotopic (exact) mass is 460 g/mol. The van der Waals surface area contributed by atoms with Gasteiger partial charge in [-0.2, -0.15) is 0 Å². The van der Waals surface area contributed by atoms with Crippen molar-refractivity contribution in [2.24, 2.45) is 0 Å². The summed E-state index contributed by atoms with van der Waals surface area (Å²) in [7, 11) is 0. The van der Waals surface area contributed by atoms with Crippen LogP contribution in [0.1, 0.15) is 18.4 Å². The van der Waals surface area contributed by atoms with Crippen molar-refractivity contribution in [1.29, 1.82) is 0 Å². The fourth-order valence-corrected chi connectivity index (χ4v) is 4.60. The minimum atomic E-state index is -1.14. The van der Waals surface area contributed by atoms with Crippen LogP contribution in [0.5, 0.6) is 5.75 Å². The van der Waals surface area contributed by atoms with Crippen LogP contribution in [0.2, 0.25) is 5.02 Å². The highest BCUT2D eigenvalue weighted by Crippen LogP contribution is 2.28. The van der Waals surface area contributed by atoms with Gasteiger partial charge in [-0.05, 0) is 56.2 Å². The molecule has 1 atom stereocenters. The molecule has 4 rings (SSSR count). The first-order valence-electron chi connectivity index (χ1n) is 11.3. The standard InChI is InChI=1S/C25H33ClN2O4/c1-20-2-6-22(7-3-20)28-12-10-24(29,11-13-28)16-27-14-15-31-18-25(30,17-27)19-32-23-8-4-21(26)5-9-23/h2-9,29-30H,10-19H2,1H3/t25-/m0/s1. The van der Waals surface area contributed by atoms with Crippen molar-refractivity contribution in [1.82, 2.24) is 4.90 Å². The molecule has 0 aromatic heterocycles. The third kappa shape index (κ3) is 6.15. The predicted molar refractivity (Wildman–Crippen MR) is 127 cm³/mol. The lowest BCUT2D eigenvalue weighted by molar-refractivity contribution is -0.0742. The van der Waals surface area contributed by atoms with Gasteiger partial charge in [0.15, 0.2) is 0 Å². The molecular weight excluding hydrogens is 428 g/mol. The van der Waals surface area contributed by atoms with E-state index in [9.17, 15) is 10.2 Å². The molecule has 0 bridgehead atoms. The maximum absolute atomic E-state index is 11.3. The number of nitrogens with zero attached hydrogens (tertiary/aromatic N) is 2. The van der Waals surface area contributed by atoms with E-state index in [0.717, 1.165) is 13.1 Å². The molecule has 2 aromatic carbocycles. The topological polar surface area (TPSA) is 65.4 Å². The second-order valence-corrected chi connectivity index (χ2v) is 9.71. The van der Waals surface area contributed by atoms with E-state index in [0.29, 0.717) is 49.9 Å². The van der Waals surface area contributed by atoms with Gasteiger partial charge in [-0.15, -0.1) is 0 Å². The number of β-amino-alcohol motifs (C(OH)–C–C–N with tert-alkyl or cyclic N) is 2. The smallest absolute Gasteiger partial charge is 0.134 e. The molecule has 6 nitrogen and oxygen atoms in total. The van der Waals surface area contributed by atoms with Crippen molar-refractivity contribution < 1.29 is 19.7 Å². The van der Waals surface area contributed by atoms with Gasteiger partial charge in [0.05, 0.1) is 18.8 Å². The lowest BCUT2D eigenvalue weighted by Gasteiger charge is -2.42. The molecule has 0 unspecified atom stereocenters. The summed E-state index contributed by atoms with van der Waals surface area (Å²) >= 11 is 5.93. The SMILES string of the molecule is Cc1ccc(N2CCC(O)(CN3CCOC[C@](O)(COc4ccc(Cl)cc4)C3)CC2)cc1. The average molecular weight is 461 g/mol. The van der Waals surface area contributed by atoms with Gasteiger partial charge in [0.2, 0.25) is 0 Å². The number of hydrogen-bond acceptors (Lipinski definition) is 6. The van der Waals surface area contributed by atoms with Crippen LogP contribution in [-0.4, -0.2) is 78.9 Å². The van der Waals surface area contributed by atoms with Gasteiger partial charge in [0.1, 0.15) is 18.0 Å². The van der Waals surface area contributed by atoms with Gasteiger partial charge >= 0.3 is 0 Å². The van der Waals surface area contributed by atoms with Crippen molar-refractivity contribution in [3.8, 4) is 5.75 Å². The highest BCUT2D eigenvalue weighted by molar-refractivity contribution is 6.30. The molecule has 174 valence electrons. The zero-order valence-corrected chi connectivity index (χ0v) is 19.4. The fourth-order valence-electron chi connectivity index (χ4n) is 4.48. The first kappa shape index (κ1) is 23.3. The Kier molecular flexibility index (Phi) is 7.27. The van der Waals surface area contributed by atoms with Gasteiger partial charge < -0.3 is 24.6 Å². The summed E-state index contributed by atoms with van der Waals surface area (Å²) in [5, 5.41) is 23.1. The number of hydrogen-bond donors (Lipinski definition) is 2. The van der Waals surface area contributed by atoms with E-state index in [1.54, 1.807) is 24.3 Å². The Bertz CT molecular complexity index is 869. The van der Waals surface area contributed by atoms with Gasteiger partial charge in [-0.3, -0.25) is 4.90 Å². The normalized spacial score (nSPS) is 24.2. The lowest BCUT2D eigenvalue weighted by atomic mass is 9.90. The molecule has 0 radical (unpaired) electrons. The van der Waals surface area contributed by atoms with E-state index in [1.165, 1.54) is 11.3 Å². The summed E-state index contributed by atoms with van der Waals surface area (Å²) in [5.41, 5.74) is 0.534. The van der Waals surface area contributed by atoms with Gasteiger partial charge in [-0.1, -0.05) is 29.3 Å². The van der Waals surface area contributed by atoms with Crippen molar-refractivity contribution in [3.05, 3.63) is 59.1 Å². The zero-order chi connectivity index (χ0) is 22.6. The minimum absolute atomic E-state index is 0.116. The van der Waals surface area contributed by atoms with E-state index >= 15 is 0 Å². The largest absolute Gasteiger partial charge is 0.490 e. The first-order valence-corrected chi connectivity index (χ1v) is 11.7. The Morgan fingerprint density at radius 1 is 0.969 bits per heavy atom. The summed E-state index contributed by atoms with van der Waals surface area (Å²) < 4.78 is 11.5. The molecule has 2 heterocycles. The Hall–Kier alpha value is -1.83. The van der Waals surface area contributed by atoms with Gasteiger partial charge in [0, 0.05) is 43.4 Å². The zero-order valence-electron chi connectivity index (χ0n) is 18.7. The van der Waals surface area contributed by atoms with Crippen LogP contribution >= 0.6 is 11.6 Å². The molecule has 2 aliphatic heterocycles. The Morgan fingerprint density at radius 3 is 2.34 bits per heavy atom. The molecule has 0 amide bonds. The van der Waals surface area contributed by atoms with Gasteiger partial charge in [-0.25, -0.2) is 0 Å². The average Bonchev–Trinajstić information content (AvgIpc) is 2.95. The number of halogens is 1. The summed E-state index contributed by atoms with van der Waals surface area (Å²) in [6.45, 7) is 6.14. The van der Waals surface area contributed by atoms with E-state index in [2.05, 4.69) is 41.0 Å². The number of rotatable bonds is 6. The Morgan fingerprint density at radius 2 is 1.66 bits per heavy atom. The summed E-state index contributed by atoms with van der Waals surface area (Å²) in [6.07, 6.45) is 1.38. The van der Waals surface area contributed by atoms with Crippen LogP contribution < -0.4 is 9.64 Å². The van der Waals surface area contributed by atoms with E-state index in [-0.39, 0.29) is 13.2 Å². The summed E-state index contributed by atoms with van der Waals surface area (Å²) in [4.78, 5) is 4.44. The number of anilines is 1. The van der Waals surface area contributed by atoms with Crippen molar-refractivity contribution >= 4 is 17.3 Å². The molecule has 2 fully saturated rings. The molecule has 0 aliphatic carbocycles. The summed E-state index contributed by atoms with van der Waals surface area (Å²) in [6, 6.07) is 15.6. The van der Waals surface area contributed by atoms with Crippen LogP contribution in [0.4, 0.5) is 5.69 Å². The predicted octanol–water partition coefficient (Wildman–Crippen LogP) is 3.12. The van der Waals surface area contributed by atoms with Crippen LogP contribution in [0.25, 0.3) is 0 Å². The van der Waals surface area contributed by atoms with E-state index in [1.807, 2.05) is 0 Å². The third-order valence-electron chi connectivity index (χ3n) is 6.37. The highest BCUT2D eigenvalue weighted by atomic mass is 35.5. The maximum atomic E-state index is 11.3. The molecule has 0 saturated carbocycles. The van der Waals surface area contributed by atoms with Gasteiger partial charge in [0.25, 0.3) is 0 Å². The minimum Gasteiger partial charge on any atom is -0.490 e. The van der Waals surface area contributed by atoms with E-state index in [4.69, 9.17) is 21.1 Å². The lowest BCUT2D eigenvalue weighted by Crippen LogP contribution is -2.55. The highest BCUT2D eigenvalue weighted by Gasteiger charge is 2.39. The number of piperidine rings is 1. The fraction of sp³-hybridized carbons (Fsp3) is 0.520. The number of benzene rings is 2. The number of aliphatic hydroxyl groups is 2. The van der Waals surface area contributed by atoms with Crippen LogP contribution in [0.3, 0.4) is 0 Å². The molecule has 0 spiro atoms. The van der Waals surface area contributed by atoms with Crippen molar-refractivity contribution in [2.75, 3.05) is 57.4 Å². The first-order chi connectivity index (χ1) is 15.3. The molecular formula is C25H33ClN2O4. The molecule has 2 saturated heterocycles. The molecule has 2 N–H and O–H groups in total. The number of aryl methyl sites for hydroxylation is 1. The Balaban J connectivity index is 1.32. The van der Waals surface area contributed by atoms with Crippen LogP contribution in [0, 0.1) is 6.92 Å². The molecule has 7 heteroatoms. The van der Waals surface area contributed by atoms with E-state index < -0.39 is 11.2 Å². The second kappa shape index (κ2) is 9.98. The second-order valence-electron chi connectivity index (χ2n) is 9.28. The third-order valence-corrected chi connectivity index (χ3v) is 6.62. The molecule has 2 aliphatic rings. The van der Waals surface area contributed by atoms with Crippen LogP contribution in [-0.2, 0) is 4.74 Å². The molecule has 32 heavy (non-hydrogen) atoms. The van der Waals surface area contributed by atoms with Crippen molar-refractivity contribution in [3.63, 3.8) is 0 Å². The number of ether oxygens (including phenoxy) is 2.